The highest BCUT2D eigenvalue weighted by molar-refractivity contribution is 6.40. The van der Waals surface area contributed by atoms with E-state index in [1.807, 2.05) is 24.3 Å². The zero-order valence-electron chi connectivity index (χ0n) is 11.8. The second-order valence-corrected chi connectivity index (χ2v) is 5.83. The first-order chi connectivity index (χ1) is 10.6. The largest absolute Gasteiger partial charge is 0.490 e. The lowest BCUT2D eigenvalue weighted by atomic mass is 10.1. The van der Waals surface area contributed by atoms with E-state index in [2.05, 4.69) is 0 Å². The minimum Gasteiger partial charge on any atom is -0.490 e. The molecule has 0 saturated carbocycles. The van der Waals surface area contributed by atoms with Crippen LogP contribution < -0.4 is 15.2 Å². The summed E-state index contributed by atoms with van der Waals surface area (Å²) in [4.78, 5) is 0. The summed E-state index contributed by atoms with van der Waals surface area (Å²) < 4.78 is 11.1. The zero-order valence-corrected chi connectivity index (χ0v) is 14.1. The molecule has 0 unspecified atom stereocenters. The second-order valence-electron chi connectivity index (χ2n) is 4.58. The molecule has 3 nitrogen and oxygen atoms in total. The molecule has 0 aliphatic heterocycles. The van der Waals surface area contributed by atoms with Gasteiger partial charge in [0.25, 0.3) is 0 Å². The van der Waals surface area contributed by atoms with Gasteiger partial charge in [0.1, 0.15) is 19.0 Å². The Morgan fingerprint density at radius 1 is 0.864 bits per heavy atom. The van der Waals surface area contributed by atoms with Gasteiger partial charge in [-0.2, -0.15) is 0 Å². The Bertz CT molecular complexity index is 594. The third-order valence-electron chi connectivity index (χ3n) is 2.92. The molecule has 6 heteroatoms. The van der Waals surface area contributed by atoms with E-state index in [-0.39, 0.29) is 0 Å². The molecule has 118 valence electrons. The van der Waals surface area contributed by atoms with E-state index in [0.29, 0.717) is 40.6 Å². The molecule has 0 aliphatic carbocycles. The zero-order chi connectivity index (χ0) is 15.9. The topological polar surface area (TPSA) is 44.5 Å². The third kappa shape index (κ3) is 4.96. The summed E-state index contributed by atoms with van der Waals surface area (Å²) in [6.07, 6.45) is 0.858. The number of nitrogens with two attached hydrogens (primary N) is 1. The van der Waals surface area contributed by atoms with Gasteiger partial charge in [-0.3, -0.25) is 0 Å². The molecule has 0 heterocycles. The Hall–Kier alpha value is -1.13. The normalized spacial score (nSPS) is 10.5. The van der Waals surface area contributed by atoms with Crippen LogP contribution in [-0.4, -0.2) is 19.8 Å². The Morgan fingerprint density at radius 2 is 1.45 bits per heavy atom. The van der Waals surface area contributed by atoms with Gasteiger partial charge in [0.2, 0.25) is 0 Å². The predicted molar refractivity (Wildman–Crippen MR) is 91.7 cm³/mol. The van der Waals surface area contributed by atoms with E-state index in [4.69, 9.17) is 50.0 Å². The monoisotopic (exact) mass is 359 g/mol. The van der Waals surface area contributed by atoms with Gasteiger partial charge in [0.15, 0.2) is 5.75 Å². The summed E-state index contributed by atoms with van der Waals surface area (Å²) in [5, 5.41) is 1.23. The van der Waals surface area contributed by atoms with Crippen molar-refractivity contribution < 1.29 is 9.47 Å². The molecule has 0 amide bonds. The smallest absolute Gasteiger partial charge is 0.156 e. The molecule has 0 bridgehead atoms. The molecule has 0 saturated heterocycles. The van der Waals surface area contributed by atoms with Gasteiger partial charge in [0.05, 0.1) is 10.0 Å². The van der Waals surface area contributed by atoms with Gasteiger partial charge < -0.3 is 15.2 Å². The van der Waals surface area contributed by atoms with Gasteiger partial charge in [-0.25, -0.2) is 0 Å². The van der Waals surface area contributed by atoms with Crippen LogP contribution in [0.25, 0.3) is 0 Å². The average Bonchev–Trinajstić information content (AvgIpc) is 2.47. The minimum atomic E-state index is 0.325. The lowest BCUT2D eigenvalue weighted by Gasteiger charge is -2.11. The standard InChI is InChI=1S/C16H16Cl3NO2/c17-12-9-14(18)16(15(19)10-12)22-8-7-21-13-3-1-11(2-4-13)5-6-20/h1-4,9-10H,5-8,20H2. The fourth-order valence-electron chi connectivity index (χ4n) is 1.89. The van der Waals surface area contributed by atoms with E-state index in [1.54, 1.807) is 12.1 Å². The molecular formula is C16H16Cl3NO2. The van der Waals surface area contributed by atoms with Crippen LogP contribution in [0, 0.1) is 0 Å². The van der Waals surface area contributed by atoms with Crippen LogP contribution in [0.4, 0.5) is 0 Å². The van der Waals surface area contributed by atoms with Gasteiger partial charge >= 0.3 is 0 Å². The van der Waals surface area contributed by atoms with Crippen molar-refractivity contribution in [2.45, 2.75) is 6.42 Å². The molecule has 0 fully saturated rings. The maximum atomic E-state index is 6.03. The van der Waals surface area contributed by atoms with Crippen LogP contribution in [0.5, 0.6) is 11.5 Å². The number of rotatable bonds is 7. The molecule has 22 heavy (non-hydrogen) atoms. The van der Waals surface area contributed by atoms with Crippen molar-refractivity contribution in [3.63, 3.8) is 0 Å². The minimum absolute atomic E-state index is 0.325. The van der Waals surface area contributed by atoms with Gasteiger partial charge in [0, 0.05) is 5.02 Å². The third-order valence-corrected chi connectivity index (χ3v) is 3.70. The Balaban J connectivity index is 1.82. The number of hydrogen-bond acceptors (Lipinski definition) is 3. The number of hydrogen-bond donors (Lipinski definition) is 1. The lowest BCUT2D eigenvalue weighted by Crippen LogP contribution is -2.09. The summed E-state index contributed by atoms with van der Waals surface area (Å²) in [5.74, 6) is 1.19. The summed E-state index contributed by atoms with van der Waals surface area (Å²) >= 11 is 17.9. The first-order valence-corrected chi connectivity index (χ1v) is 7.92. The predicted octanol–water partition coefficient (Wildman–Crippen LogP) is 4.61. The van der Waals surface area contributed by atoms with E-state index >= 15 is 0 Å². The summed E-state index contributed by atoms with van der Waals surface area (Å²) in [5.41, 5.74) is 6.69. The van der Waals surface area contributed by atoms with E-state index < -0.39 is 0 Å². The van der Waals surface area contributed by atoms with Crippen molar-refractivity contribution in [2.75, 3.05) is 19.8 Å². The van der Waals surface area contributed by atoms with Crippen molar-refractivity contribution in [1.29, 1.82) is 0 Å². The van der Waals surface area contributed by atoms with Crippen molar-refractivity contribution >= 4 is 34.8 Å². The van der Waals surface area contributed by atoms with Gasteiger partial charge in [-0.15, -0.1) is 0 Å². The average molecular weight is 361 g/mol. The molecular weight excluding hydrogens is 345 g/mol. The lowest BCUT2D eigenvalue weighted by molar-refractivity contribution is 0.217. The van der Waals surface area contributed by atoms with E-state index in [9.17, 15) is 0 Å². The van der Waals surface area contributed by atoms with Crippen LogP contribution in [-0.2, 0) is 6.42 Å². The summed E-state index contributed by atoms with van der Waals surface area (Å²) in [6.45, 7) is 1.34. The van der Waals surface area contributed by atoms with Crippen LogP contribution in [0.3, 0.4) is 0 Å². The maximum absolute atomic E-state index is 6.03. The van der Waals surface area contributed by atoms with Crippen molar-refractivity contribution in [3.05, 3.63) is 57.0 Å². The van der Waals surface area contributed by atoms with E-state index in [0.717, 1.165) is 12.2 Å². The summed E-state index contributed by atoms with van der Waals surface area (Å²) in [7, 11) is 0. The van der Waals surface area contributed by atoms with Crippen LogP contribution in [0.15, 0.2) is 36.4 Å². The van der Waals surface area contributed by atoms with Crippen molar-refractivity contribution in [3.8, 4) is 11.5 Å². The molecule has 2 aromatic rings. The maximum Gasteiger partial charge on any atom is 0.156 e. The Kier molecular flexibility index (Phi) is 6.65. The first kappa shape index (κ1) is 17.2. The molecule has 0 radical (unpaired) electrons. The molecule has 0 atom stereocenters. The summed E-state index contributed by atoms with van der Waals surface area (Å²) in [6, 6.07) is 11.0. The molecule has 2 rings (SSSR count). The van der Waals surface area contributed by atoms with Crippen molar-refractivity contribution in [1.82, 2.24) is 0 Å². The Morgan fingerprint density at radius 3 is 2.05 bits per heavy atom. The highest BCUT2D eigenvalue weighted by Crippen LogP contribution is 2.35. The van der Waals surface area contributed by atoms with Crippen LogP contribution >= 0.6 is 34.8 Å². The molecule has 0 aliphatic rings. The Labute approximate surface area is 144 Å². The van der Waals surface area contributed by atoms with Crippen molar-refractivity contribution in [2.24, 2.45) is 5.73 Å². The highest BCUT2D eigenvalue weighted by Gasteiger charge is 2.09. The second kappa shape index (κ2) is 8.49. The number of benzene rings is 2. The van der Waals surface area contributed by atoms with Crippen LogP contribution in [0.2, 0.25) is 15.1 Å². The quantitative estimate of drug-likeness (QED) is 0.734. The molecule has 2 N–H and O–H groups in total. The fourth-order valence-corrected chi connectivity index (χ4v) is 2.82. The van der Waals surface area contributed by atoms with E-state index in [1.165, 1.54) is 5.56 Å². The van der Waals surface area contributed by atoms with Crippen LogP contribution in [0.1, 0.15) is 5.56 Å². The van der Waals surface area contributed by atoms with Gasteiger partial charge in [-0.05, 0) is 42.8 Å². The molecule has 0 spiro atoms. The van der Waals surface area contributed by atoms with Gasteiger partial charge in [-0.1, -0.05) is 46.9 Å². The molecule has 2 aromatic carbocycles. The fraction of sp³-hybridized carbons (Fsp3) is 0.250. The SMILES string of the molecule is NCCc1ccc(OCCOc2c(Cl)cc(Cl)cc2Cl)cc1. The number of ether oxygens (including phenoxy) is 2. The first-order valence-electron chi connectivity index (χ1n) is 6.79. The highest BCUT2D eigenvalue weighted by atomic mass is 35.5. The molecule has 0 aromatic heterocycles. The number of halogens is 3.